The van der Waals surface area contributed by atoms with E-state index >= 15 is 0 Å². The third-order valence-electron chi connectivity index (χ3n) is 1.74. The van der Waals surface area contributed by atoms with Gasteiger partial charge in [-0.2, -0.15) is 0 Å². The van der Waals surface area contributed by atoms with Crippen LogP contribution in [0.1, 0.15) is 26.7 Å². The predicted octanol–water partition coefficient (Wildman–Crippen LogP) is 2.00. The highest BCUT2D eigenvalue weighted by Crippen LogP contribution is 1.98. The fraction of sp³-hybridized carbons (Fsp3) is 0.700. The van der Waals surface area contributed by atoms with Gasteiger partial charge >= 0.3 is 6.03 Å². The number of hydrogen-bond donors (Lipinski definition) is 1. The summed E-state index contributed by atoms with van der Waals surface area (Å²) in [5, 5.41) is 2.92. The number of allylic oxidation sites excluding steroid dienone is 1. The molecule has 0 radical (unpaired) electrons. The van der Waals surface area contributed by atoms with E-state index in [2.05, 4.69) is 12.2 Å². The molecule has 0 heterocycles. The van der Waals surface area contributed by atoms with Crippen LogP contribution in [0.2, 0.25) is 0 Å². The lowest BCUT2D eigenvalue weighted by Gasteiger charge is -2.17. The van der Waals surface area contributed by atoms with Crippen LogP contribution in [-0.2, 0) is 0 Å². The molecule has 2 amide bonds. The van der Waals surface area contributed by atoms with Crippen molar-refractivity contribution in [1.82, 2.24) is 10.2 Å². The van der Waals surface area contributed by atoms with Crippen LogP contribution in [0.15, 0.2) is 12.2 Å². The molecule has 13 heavy (non-hydrogen) atoms. The number of amides is 2. The van der Waals surface area contributed by atoms with Gasteiger partial charge in [0.25, 0.3) is 0 Å². The summed E-state index contributed by atoms with van der Waals surface area (Å²) in [5.74, 6) is 0. The predicted molar refractivity (Wildman–Crippen MR) is 55.7 cm³/mol. The van der Waals surface area contributed by atoms with E-state index in [0.29, 0.717) is 0 Å². The number of carbonyl (C=O) groups is 1. The van der Waals surface area contributed by atoms with Gasteiger partial charge in [-0.1, -0.05) is 25.5 Å². The van der Waals surface area contributed by atoms with Crippen molar-refractivity contribution in [2.24, 2.45) is 0 Å². The molecule has 1 N–H and O–H groups in total. The van der Waals surface area contributed by atoms with E-state index in [0.717, 1.165) is 12.8 Å². The van der Waals surface area contributed by atoms with Gasteiger partial charge in [0.2, 0.25) is 0 Å². The van der Waals surface area contributed by atoms with Crippen molar-refractivity contribution < 1.29 is 4.79 Å². The van der Waals surface area contributed by atoms with Gasteiger partial charge in [0.15, 0.2) is 0 Å². The summed E-state index contributed by atoms with van der Waals surface area (Å²) in [6, 6.07) is 0.140. The van der Waals surface area contributed by atoms with Crippen LogP contribution in [0.3, 0.4) is 0 Å². The first kappa shape index (κ1) is 12.0. The maximum absolute atomic E-state index is 11.3. The molecule has 3 nitrogen and oxygen atoms in total. The maximum atomic E-state index is 11.3. The molecule has 0 aliphatic carbocycles. The number of hydrogen-bond acceptors (Lipinski definition) is 1. The van der Waals surface area contributed by atoms with Crippen LogP contribution < -0.4 is 5.32 Å². The summed E-state index contributed by atoms with van der Waals surface area (Å²) in [7, 11) is 3.49. The minimum Gasteiger partial charge on any atom is -0.332 e. The van der Waals surface area contributed by atoms with Gasteiger partial charge in [0, 0.05) is 20.1 Å². The van der Waals surface area contributed by atoms with E-state index in [1.54, 1.807) is 19.0 Å². The van der Waals surface area contributed by atoms with Crippen LogP contribution in [0.4, 0.5) is 4.79 Å². The molecule has 76 valence electrons. The van der Waals surface area contributed by atoms with E-state index in [1.807, 2.05) is 19.1 Å². The number of carbonyl (C=O) groups excluding carboxylic acids is 1. The smallest absolute Gasteiger partial charge is 0.317 e. The molecule has 1 unspecified atom stereocenters. The summed E-state index contributed by atoms with van der Waals surface area (Å²) < 4.78 is 0. The Bertz CT molecular complexity index is 176. The Balaban J connectivity index is 4.01. The first-order valence-corrected chi connectivity index (χ1v) is 4.72. The van der Waals surface area contributed by atoms with Gasteiger partial charge in [-0.15, -0.1) is 0 Å². The first-order valence-electron chi connectivity index (χ1n) is 4.72. The highest BCUT2D eigenvalue weighted by Gasteiger charge is 2.08. The first-order chi connectivity index (χ1) is 6.11. The Morgan fingerprint density at radius 3 is 2.54 bits per heavy atom. The lowest BCUT2D eigenvalue weighted by Crippen LogP contribution is -2.40. The summed E-state index contributed by atoms with van der Waals surface area (Å²) in [5.41, 5.74) is 0. The molecule has 3 heteroatoms. The van der Waals surface area contributed by atoms with E-state index < -0.39 is 0 Å². The van der Waals surface area contributed by atoms with Crippen molar-refractivity contribution >= 4 is 6.03 Å². The van der Waals surface area contributed by atoms with Crippen LogP contribution in [0, 0.1) is 0 Å². The van der Waals surface area contributed by atoms with E-state index in [-0.39, 0.29) is 12.1 Å². The van der Waals surface area contributed by atoms with Gasteiger partial charge in [0.05, 0.1) is 0 Å². The van der Waals surface area contributed by atoms with Crippen LogP contribution in [0.5, 0.6) is 0 Å². The van der Waals surface area contributed by atoms with Gasteiger partial charge in [-0.3, -0.25) is 0 Å². The highest BCUT2D eigenvalue weighted by molar-refractivity contribution is 5.74. The van der Waals surface area contributed by atoms with Crippen molar-refractivity contribution in [3.63, 3.8) is 0 Å². The second kappa shape index (κ2) is 6.52. The van der Waals surface area contributed by atoms with Crippen molar-refractivity contribution in [3.8, 4) is 0 Å². The topological polar surface area (TPSA) is 32.3 Å². The van der Waals surface area contributed by atoms with Gasteiger partial charge in [-0.25, -0.2) is 4.79 Å². The SMILES string of the molecule is C/C=C/C(CCC)NC(=O)N(C)C. The molecule has 0 rings (SSSR count). The zero-order valence-electron chi connectivity index (χ0n) is 9.00. The molecular weight excluding hydrogens is 164 g/mol. The van der Waals surface area contributed by atoms with Crippen molar-refractivity contribution in [1.29, 1.82) is 0 Å². The quantitative estimate of drug-likeness (QED) is 0.666. The molecule has 0 aromatic heterocycles. The number of nitrogens with zero attached hydrogens (tertiary/aromatic N) is 1. The minimum absolute atomic E-state index is 0.0310. The standard InChI is InChI=1S/C10H20N2O/c1-5-7-9(8-6-2)11-10(13)12(3)4/h5,7,9H,6,8H2,1-4H3,(H,11,13)/b7-5+. The van der Waals surface area contributed by atoms with Gasteiger partial charge in [-0.05, 0) is 13.3 Å². The molecule has 0 fully saturated rings. The third-order valence-corrected chi connectivity index (χ3v) is 1.74. The van der Waals surface area contributed by atoms with Crippen molar-refractivity contribution in [2.45, 2.75) is 32.7 Å². The summed E-state index contributed by atoms with van der Waals surface area (Å²) in [6.45, 7) is 4.07. The van der Waals surface area contributed by atoms with Gasteiger partial charge < -0.3 is 10.2 Å². The Hall–Kier alpha value is -0.990. The zero-order valence-corrected chi connectivity index (χ0v) is 9.00. The Kier molecular flexibility index (Phi) is 6.02. The molecular formula is C10H20N2O. The molecule has 0 aromatic carbocycles. The Labute approximate surface area is 80.8 Å². The average Bonchev–Trinajstić information content (AvgIpc) is 2.05. The molecule has 1 atom stereocenters. The molecule has 0 spiro atoms. The molecule has 0 aromatic rings. The number of urea groups is 1. The summed E-state index contributed by atoms with van der Waals surface area (Å²) in [6.07, 6.45) is 6.05. The largest absolute Gasteiger partial charge is 0.332 e. The lowest BCUT2D eigenvalue weighted by atomic mass is 10.1. The highest BCUT2D eigenvalue weighted by atomic mass is 16.2. The van der Waals surface area contributed by atoms with Crippen LogP contribution >= 0.6 is 0 Å². The third kappa shape index (κ3) is 5.28. The maximum Gasteiger partial charge on any atom is 0.317 e. The molecule has 0 saturated heterocycles. The lowest BCUT2D eigenvalue weighted by molar-refractivity contribution is 0.214. The molecule has 0 bridgehead atoms. The Morgan fingerprint density at radius 2 is 2.15 bits per heavy atom. The van der Waals surface area contributed by atoms with E-state index in [1.165, 1.54) is 0 Å². The molecule has 0 aliphatic rings. The van der Waals surface area contributed by atoms with E-state index in [4.69, 9.17) is 0 Å². The molecule has 0 saturated carbocycles. The zero-order chi connectivity index (χ0) is 10.3. The van der Waals surface area contributed by atoms with Crippen LogP contribution in [0.25, 0.3) is 0 Å². The minimum atomic E-state index is -0.0310. The van der Waals surface area contributed by atoms with Crippen molar-refractivity contribution in [3.05, 3.63) is 12.2 Å². The fourth-order valence-electron chi connectivity index (χ4n) is 1.05. The summed E-state index contributed by atoms with van der Waals surface area (Å²) >= 11 is 0. The van der Waals surface area contributed by atoms with Gasteiger partial charge in [0.1, 0.15) is 0 Å². The molecule has 0 aliphatic heterocycles. The van der Waals surface area contributed by atoms with Crippen LogP contribution in [-0.4, -0.2) is 31.1 Å². The normalized spacial score (nSPS) is 12.9. The number of rotatable bonds is 4. The second-order valence-corrected chi connectivity index (χ2v) is 3.26. The second-order valence-electron chi connectivity index (χ2n) is 3.26. The fourth-order valence-corrected chi connectivity index (χ4v) is 1.05. The van der Waals surface area contributed by atoms with E-state index in [9.17, 15) is 4.79 Å². The van der Waals surface area contributed by atoms with Crippen molar-refractivity contribution in [2.75, 3.05) is 14.1 Å². The Morgan fingerprint density at radius 1 is 1.54 bits per heavy atom. The monoisotopic (exact) mass is 184 g/mol. The summed E-state index contributed by atoms with van der Waals surface area (Å²) in [4.78, 5) is 12.8. The average molecular weight is 184 g/mol. The number of nitrogens with one attached hydrogen (secondary N) is 1.